The van der Waals surface area contributed by atoms with Gasteiger partial charge in [0, 0.05) is 17.4 Å². The Kier molecular flexibility index (Phi) is 4.41. The molecule has 1 amide bonds. The second kappa shape index (κ2) is 6.64. The van der Waals surface area contributed by atoms with Crippen LogP contribution in [-0.4, -0.2) is 30.1 Å². The fourth-order valence-electron chi connectivity index (χ4n) is 2.52. The van der Waals surface area contributed by atoms with Gasteiger partial charge >= 0.3 is 5.97 Å². The number of ether oxygens (including phenoxy) is 2. The normalized spacial score (nSPS) is 12.8. The summed E-state index contributed by atoms with van der Waals surface area (Å²) in [6, 6.07) is 7.56. The summed E-state index contributed by atoms with van der Waals surface area (Å²) < 4.78 is 10.5. The zero-order valence-electron chi connectivity index (χ0n) is 12.9. The Balaban J connectivity index is 1.63. The van der Waals surface area contributed by atoms with Gasteiger partial charge in [-0.25, -0.2) is 4.98 Å². The monoisotopic (exact) mass is 314 g/mol. The molecule has 6 heteroatoms. The summed E-state index contributed by atoms with van der Waals surface area (Å²) in [6.45, 7) is 2.64. The SMILES string of the molecule is CCOC(=O)CCCOc1ccc2nc3c(cc2c1)CC(=O)N3. The van der Waals surface area contributed by atoms with Gasteiger partial charge in [0.15, 0.2) is 0 Å². The van der Waals surface area contributed by atoms with Gasteiger partial charge in [-0.3, -0.25) is 9.59 Å². The Morgan fingerprint density at radius 2 is 2.22 bits per heavy atom. The molecule has 120 valence electrons. The molecular weight excluding hydrogens is 296 g/mol. The van der Waals surface area contributed by atoms with E-state index in [2.05, 4.69) is 10.3 Å². The van der Waals surface area contributed by atoms with Crippen LogP contribution < -0.4 is 10.1 Å². The highest BCUT2D eigenvalue weighted by Gasteiger charge is 2.19. The highest BCUT2D eigenvalue weighted by Crippen LogP contribution is 2.27. The van der Waals surface area contributed by atoms with Crippen molar-refractivity contribution in [3.63, 3.8) is 0 Å². The zero-order chi connectivity index (χ0) is 16.2. The molecular formula is C17H18N2O4. The van der Waals surface area contributed by atoms with Crippen LogP contribution in [0.25, 0.3) is 10.9 Å². The quantitative estimate of drug-likeness (QED) is 0.654. The maximum atomic E-state index is 11.4. The number of hydrogen-bond donors (Lipinski definition) is 1. The van der Waals surface area contributed by atoms with Gasteiger partial charge in [0.25, 0.3) is 0 Å². The molecule has 3 rings (SSSR count). The third-order valence-electron chi connectivity index (χ3n) is 3.57. The first-order valence-corrected chi connectivity index (χ1v) is 7.67. The van der Waals surface area contributed by atoms with Gasteiger partial charge in [-0.1, -0.05) is 0 Å². The molecule has 0 unspecified atom stereocenters. The van der Waals surface area contributed by atoms with Gasteiger partial charge in [0.1, 0.15) is 11.6 Å². The number of carbonyl (C=O) groups excluding carboxylic acids is 2. The number of rotatable bonds is 6. The molecule has 1 N–H and O–H groups in total. The number of anilines is 1. The highest BCUT2D eigenvalue weighted by atomic mass is 16.5. The average Bonchev–Trinajstić information content (AvgIpc) is 2.88. The van der Waals surface area contributed by atoms with E-state index in [4.69, 9.17) is 9.47 Å². The number of amides is 1. The fourth-order valence-corrected chi connectivity index (χ4v) is 2.52. The van der Waals surface area contributed by atoms with E-state index >= 15 is 0 Å². The van der Waals surface area contributed by atoms with Crippen LogP contribution in [0.1, 0.15) is 25.3 Å². The lowest BCUT2D eigenvalue weighted by Crippen LogP contribution is -2.06. The maximum absolute atomic E-state index is 11.4. The standard InChI is InChI=1S/C17H18N2O4/c1-2-22-16(21)4-3-7-23-13-5-6-14-11(9-13)8-12-10-15(20)19-17(12)18-14/h5-6,8-9H,2-4,7,10H2,1H3,(H,18,19,20). The van der Waals surface area contributed by atoms with Crippen molar-refractivity contribution in [1.29, 1.82) is 0 Å². The largest absolute Gasteiger partial charge is 0.494 e. The maximum Gasteiger partial charge on any atom is 0.305 e. The van der Waals surface area contributed by atoms with E-state index in [-0.39, 0.29) is 11.9 Å². The molecule has 0 atom stereocenters. The van der Waals surface area contributed by atoms with Crippen molar-refractivity contribution in [3.8, 4) is 5.75 Å². The summed E-state index contributed by atoms with van der Waals surface area (Å²) in [4.78, 5) is 27.1. The van der Waals surface area contributed by atoms with E-state index in [1.54, 1.807) is 6.92 Å². The van der Waals surface area contributed by atoms with E-state index in [9.17, 15) is 9.59 Å². The van der Waals surface area contributed by atoms with E-state index < -0.39 is 0 Å². The first-order chi connectivity index (χ1) is 11.2. The number of carbonyl (C=O) groups is 2. The van der Waals surface area contributed by atoms with Crippen molar-refractivity contribution in [1.82, 2.24) is 4.98 Å². The van der Waals surface area contributed by atoms with Crippen LogP contribution in [0.15, 0.2) is 24.3 Å². The molecule has 1 aliphatic heterocycles. The molecule has 0 aliphatic carbocycles. The van der Waals surface area contributed by atoms with Crippen LogP contribution in [0.2, 0.25) is 0 Å². The molecule has 0 spiro atoms. The summed E-state index contributed by atoms with van der Waals surface area (Å²) >= 11 is 0. The van der Waals surface area contributed by atoms with Crippen LogP contribution in [0, 0.1) is 0 Å². The van der Waals surface area contributed by atoms with Crippen molar-refractivity contribution in [3.05, 3.63) is 29.8 Å². The Labute approximate surface area is 133 Å². The van der Waals surface area contributed by atoms with Crippen LogP contribution >= 0.6 is 0 Å². The lowest BCUT2D eigenvalue weighted by Gasteiger charge is -2.08. The number of aromatic nitrogens is 1. The molecule has 6 nitrogen and oxygen atoms in total. The van der Waals surface area contributed by atoms with Gasteiger partial charge < -0.3 is 14.8 Å². The van der Waals surface area contributed by atoms with Gasteiger partial charge in [0.05, 0.1) is 25.2 Å². The Morgan fingerprint density at radius 1 is 1.35 bits per heavy atom. The van der Waals surface area contributed by atoms with Crippen molar-refractivity contribution in [2.45, 2.75) is 26.2 Å². The number of nitrogens with one attached hydrogen (secondary N) is 1. The van der Waals surface area contributed by atoms with E-state index in [0.29, 0.717) is 38.3 Å². The predicted molar refractivity (Wildman–Crippen MR) is 85.4 cm³/mol. The van der Waals surface area contributed by atoms with E-state index in [1.807, 2.05) is 24.3 Å². The molecule has 0 fully saturated rings. The van der Waals surface area contributed by atoms with Crippen LogP contribution in [-0.2, 0) is 20.7 Å². The van der Waals surface area contributed by atoms with Crippen molar-refractivity contribution >= 4 is 28.6 Å². The first-order valence-electron chi connectivity index (χ1n) is 7.67. The minimum atomic E-state index is -0.202. The summed E-state index contributed by atoms with van der Waals surface area (Å²) in [5, 5.41) is 3.68. The van der Waals surface area contributed by atoms with E-state index in [1.165, 1.54) is 0 Å². The molecule has 0 saturated heterocycles. The van der Waals surface area contributed by atoms with Crippen LogP contribution in [0.5, 0.6) is 5.75 Å². The number of hydrogen-bond acceptors (Lipinski definition) is 5. The molecule has 1 aromatic heterocycles. The number of esters is 1. The highest BCUT2D eigenvalue weighted by molar-refractivity contribution is 6.00. The summed E-state index contributed by atoms with van der Waals surface area (Å²) in [6.07, 6.45) is 1.32. The molecule has 1 aliphatic rings. The lowest BCUT2D eigenvalue weighted by atomic mass is 10.1. The van der Waals surface area contributed by atoms with Gasteiger partial charge in [0.2, 0.25) is 5.91 Å². The molecule has 2 aromatic rings. The smallest absolute Gasteiger partial charge is 0.305 e. The summed E-state index contributed by atoms with van der Waals surface area (Å²) in [5.74, 6) is 1.13. The van der Waals surface area contributed by atoms with Gasteiger partial charge in [-0.15, -0.1) is 0 Å². The predicted octanol–water partition coefficient (Wildman–Crippen LogP) is 2.45. The Hall–Kier alpha value is -2.63. The van der Waals surface area contributed by atoms with Crippen molar-refractivity contribution < 1.29 is 19.1 Å². The van der Waals surface area contributed by atoms with Gasteiger partial charge in [-0.2, -0.15) is 0 Å². The van der Waals surface area contributed by atoms with Crippen LogP contribution in [0.3, 0.4) is 0 Å². The topological polar surface area (TPSA) is 77.5 Å². The number of pyridine rings is 1. The molecule has 0 bridgehead atoms. The minimum Gasteiger partial charge on any atom is -0.494 e. The van der Waals surface area contributed by atoms with Crippen LogP contribution in [0.4, 0.5) is 5.82 Å². The van der Waals surface area contributed by atoms with E-state index in [0.717, 1.165) is 22.2 Å². The number of fused-ring (bicyclic) bond motifs is 2. The molecule has 2 heterocycles. The van der Waals surface area contributed by atoms with Crippen molar-refractivity contribution in [2.24, 2.45) is 0 Å². The zero-order valence-corrected chi connectivity index (χ0v) is 12.9. The third-order valence-corrected chi connectivity index (χ3v) is 3.57. The summed E-state index contributed by atoms with van der Waals surface area (Å²) in [5.41, 5.74) is 1.71. The number of nitrogens with zero attached hydrogens (tertiary/aromatic N) is 1. The Bertz CT molecular complexity index is 758. The molecule has 0 radical (unpaired) electrons. The second-order valence-corrected chi connectivity index (χ2v) is 5.33. The molecule has 23 heavy (non-hydrogen) atoms. The minimum absolute atomic E-state index is 0.0294. The fraction of sp³-hybridized carbons (Fsp3) is 0.353. The summed E-state index contributed by atoms with van der Waals surface area (Å²) in [7, 11) is 0. The molecule has 1 aromatic carbocycles. The van der Waals surface area contributed by atoms with Gasteiger partial charge in [-0.05, 0) is 37.6 Å². The average molecular weight is 314 g/mol. The second-order valence-electron chi connectivity index (χ2n) is 5.33. The number of benzene rings is 1. The molecule has 0 saturated carbocycles. The third kappa shape index (κ3) is 3.59. The van der Waals surface area contributed by atoms with Crippen molar-refractivity contribution in [2.75, 3.05) is 18.5 Å². The lowest BCUT2D eigenvalue weighted by molar-refractivity contribution is -0.143. The first kappa shape index (κ1) is 15.3. The Morgan fingerprint density at radius 3 is 3.04 bits per heavy atom.